The predicted molar refractivity (Wildman–Crippen MR) is 95.7 cm³/mol. The molecule has 5 heteroatoms. The fourth-order valence-corrected chi connectivity index (χ4v) is 2.36. The Labute approximate surface area is 141 Å². The normalized spacial score (nSPS) is 10.2. The molecule has 0 saturated carbocycles. The Hall–Kier alpha value is -3.21. The molecule has 3 aromatic rings. The SMILES string of the molecule is Cc1cnc(C(=O)Nc2ccccc2N(C)c2ccccc2)cn1. The summed E-state index contributed by atoms with van der Waals surface area (Å²) >= 11 is 0. The van der Waals surface area contributed by atoms with Crippen molar-refractivity contribution in [2.24, 2.45) is 0 Å². The fraction of sp³-hybridized carbons (Fsp3) is 0.105. The molecule has 0 bridgehead atoms. The molecule has 0 radical (unpaired) electrons. The van der Waals surface area contributed by atoms with Gasteiger partial charge in [0.1, 0.15) is 5.69 Å². The zero-order valence-corrected chi connectivity index (χ0v) is 13.6. The summed E-state index contributed by atoms with van der Waals surface area (Å²) in [6.45, 7) is 1.83. The number of rotatable bonds is 4. The minimum absolute atomic E-state index is 0.281. The number of anilines is 3. The van der Waals surface area contributed by atoms with Crippen LogP contribution >= 0.6 is 0 Å². The summed E-state index contributed by atoms with van der Waals surface area (Å²) in [6.07, 6.45) is 3.06. The molecular weight excluding hydrogens is 300 g/mol. The number of para-hydroxylation sites is 3. The Morgan fingerprint density at radius 3 is 2.38 bits per heavy atom. The van der Waals surface area contributed by atoms with Gasteiger partial charge in [0.15, 0.2) is 0 Å². The molecule has 0 aliphatic rings. The number of aromatic nitrogens is 2. The van der Waals surface area contributed by atoms with Gasteiger partial charge in [0.2, 0.25) is 0 Å². The van der Waals surface area contributed by atoms with Crippen LogP contribution in [-0.2, 0) is 0 Å². The van der Waals surface area contributed by atoms with Crippen molar-refractivity contribution in [2.75, 3.05) is 17.3 Å². The Morgan fingerprint density at radius 2 is 1.67 bits per heavy atom. The zero-order chi connectivity index (χ0) is 16.9. The lowest BCUT2D eigenvalue weighted by Gasteiger charge is -2.22. The van der Waals surface area contributed by atoms with E-state index in [0.717, 1.165) is 22.8 Å². The van der Waals surface area contributed by atoms with Crippen molar-refractivity contribution in [3.05, 3.63) is 78.4 Å². The van der Waals surface area contributed by atoms with Crippen LogP contribution < -0.4 is 10.2 Å². The molecule has 0 fully saturated rings. The highest BCUT2D eigenvalue weighted by Crippen LogP contribution is 2.30. The Bertz CT molecular complexity index is 832. The standard InChI is InChI=1S/C19H18N4O/c1-14-12-21-17(13-20-14)19(24)22-16-10-6-7-11-18(16)23(2)15-8-4-3-5-9-15/h3-13H,1-2H3,(H,22,24). The number of carbonyl (C=O) groups excluding carboxylic acids is 1. The van der Waals surface area contributed by atoms with Crippen LogP contribution in [0.3, 0.4) is 0 Å². The first-order valence-corrected chi connectivity index (χ1v) is 7.63. The second-order valence-electron chi connectivity index (χ2n) is 5.41. The highest BCUT2D eigenvalue weighted by molar-refractivity contribution is 6.04. The third-order valence-electron chi connectivity index (χ3n) is 3.67. The van der Waals surface area contributed by atoms with Gasteiger partial charge in [-0.25, -0.2) is 4.98 Å². The van der Waals surface area contributed by atoms with E-state index in [0.29, 0.717) is 0 Å². The Balaban J connectivity index is 1.87. The first kappa shape index (κ1) is 15.7. The third-order valence-corrected chi connectivity index (χ3v) is 3.67. The summed E-state index contributed by atoms with van der Waals surface area (Å²) in [7, 11) is 1.96. The van der Waals surface area contributed by atoms with Crippen molar-refractivity contribution in [1.82, 2.24) is 9.97 Å². The van der Waals surface area contributed by atoms with Crippen LogP contribution in [-0.4, -0.2) is 22.9 Å². The van der Waals surface area contributed by atoms with E-state index in [-0.39, 0.29) is 11.6 Å². The van der Waals surface area contributed by atoms with Crippen LogP contribution in [0.25, 0.3) is 0 Å². The molecule has 1 N–H and O–H groups in total. The van der Waals surface area contributed by atoms with Crippen LogP contribution in [0.5, 0.6) is 0 Å². The van der Waals surface area contributed by atoms with Crippen molar-refractivity contribution in [3.8, 4) is 0 Å². The topological polar surface area (TPSA) is 58.1 Å². The van der Waals surface area contributed by atoms with Crippen molar-refractivity contribution < 1.29 is 4.79 Å². The molecule has 0 saturated heterocycles. The monoisotopic (exact) mass is 318 g/mol. The number of amides is 1. The largest absolute Gasteiger partial charge is 0.343 e. The molecule has 5 nitrogen and oxygen atoms in total. The maximum absolute atomic E-state index is 12.4. The summed E-state index contributed by atoms with van der Waals surface area (Å²) < 4.78 is 0. The number of carbonyl (C=O) groups is 1. The lowest BCUT2D eigenvalue weighted by molar-refractivity contribution is 0.102. The molecule has 24 heavy (non-hydrogen) atoms. The summed E-state index contributed by atoms with van der Waals surface area (Å²) in [5.74, 6) is -0.281. The van der Waals surface area contributed by atoms with Gasteiger partial charge < -0.3 is 10.2 Å². The van der Waals surface area contributed by atoms with Gasteiger partial charge in [-0.2, -0.15) is 0 Å². The molecule has 0 spiro atoms. The molecule has 1 amide bonds. The van der Waals surface area contributed by atoms with Gasteiger partial charge in [0, 0.05) is 18.9 Å². The third kappa shape index (κ3) is 3.41. The highest BCUT2D eigenvalue weighted by Gasteiger charge is 2.13. The predicted octanol–water partition coefficient (Wildman–Crippen LogP) is 3.81. The summed E-state index contributed by atoms with van der Waals surface area (Å²) in [5, 5.41) is 2.91. The first-order valence-electron chi connectivity index (χ1n) is 7.63. The van der Waals surface area contributed by atoms with E-state index >= 15 is 0 Å². The smallest absolute Gasteiger partial charge is 0.275 e. The van der Waals surface area contributed by atoms with Gasteiger partial charge in [0.25, 0.3) is 5.91 Å². The molecule has 1 aromatic heterocycles. The van der Waals surface area contributed by atoms with Crippen molar-refractivity contribution in [1.29, 1.82) is 0 Å². The van der Waals surface area contributed by atoms with Gasteiger partial charge in [-0.1, -0.05) is 30.3 Å². The Kier molecular flexibility index (Phi) is 4.52. The molecule has 2 aromatic carbocycles. The maximum Gasteiger partial charge on any atom is 0.275 e. The fourth-order valence-electron chi connectivity index (χ4n) is 2.36. The summed E-state index contributed by atoms with van der Waals surface area (Å²) in [6, 6.07) is 17.6. The second kappa shape index (κ2) is 6.91. The Morgan fingerprint density at radius 1 is 0.958 bits per heavy atom. The first-order chi connectivity index (χ1) is 11.6. The molecule has 0 aliphatic carbocycles. The maximum atomic E-state index is 12.4. The molecule has 0 aliphatic heterocycles. The van der Waals surface area contributed by atoms with E-state index in [2.05, 4.69) is 15.3 Å². The van der Waals surface area contributed by atoms with Crippen molar-refractivity contribution >= 4 is 23.0 Å². The summed E-state index contributed by atoms with van der Waals surface area (Å²) in [4.78, 5) is 22.7. The van der Waals surface area contributed by atoms with E-state index in [1.54, 1.807) is 6.20 Å². The van der Waals surface area contributed by atoms with Crippen LogP contribution in [0.15, 0.2) is 67.0 Å². The van der Waals surface area contributed by atoms with Gasteiger partial charge in [0.05, 0.1) is 23.3 Å². The van der Waals surface area contributed by atoms with E-state index in [1.807, 2.05) is 73.5 Å². The molecule has 120 valence electrons. The van der Waals surface area contributed by atoms with Crippen molar-refractivity contribution in [2.45, 2.75) is 6.92 Å². The van der Waals surface area contributed by atoms with E-state index in [4.69, 9.17) is 0 Å². The number of nitrogens with zero attached hydrogens (tertiary/aromatic N) is 3. The van der Waals surface area contributed by atoms with Crippen LogP contribution in [0.2, 0.25) is 0 Å². The number of hydrogen-bond donors (Lipinski definition) is 1. The number of benzene rings is 2. The molecular formula is C19H18N4O. The highest BCUT2D eigenvalue weighted by atomic mass is 16.1. The van der Waals surface area contributed by atoms with E-state index in [9.17, 15) is 4.79 Å². The number of aryl methyl sites for hydroxylation is 1. The van der Waals surface area contributed by atoms with Crippen LogP contribution in [0, 0.1) is 6.92 Å². The lowest BCUT2D eigenvalue weighted by Crippen LogP contribution is -2.17. The van der Waals surface area contributed by atoms with E-state index < -0.39 is 0 Å². The molecule has 0 atom stereocenters. The number of hydrogen-bond acceptors (Lipinski definition) is 4. The van der Waals surface area contributed by atoms with Gasteiger partial charge >= 0.3 is 0 Å². The minimum Gasteiger partial charge on any atom is -0.343 e. The molecule has 1 heterocycles. The van der Waals surface area contributed by atoms with E-state index in [1.165, 1.54) is 6.20 Å². The molecule has 3 rings (SSSR count). The quantitative estimate of drug-likeness (QED) is 0.795. The van der Waals surface area contributed by atoms with Crippen LogP contribution in [0.1, 0.15) is 16.2 Å². The van der Waals surface area contributed by atoms with Gasteiger partial charge in [-0.05, 0) is 31.2 Å². The van der Waals surface area contributed by atoms with Crippen molar-refractivity contribution in [3.63, 3.8) is 0 Å². The zero-order valence-electron chi connectivity index (χ0n) is 13.6. The summed E-state index contributed by atoms with van der Waals surface area (Å²) in [5.41, 5.74) is 3.72. The average Bonchev–Trinajstić information content (AvgIpc) is 2.63. The lowest BCUT2D eigenvalue weighted by atomic mass is 10.2. The second-order valence-corrected chi connectivity index (χ2v) is 5.41. The van der Waals surface area contributed by atoms with Gasteiger partial charge in [-0.15, -0.1) is 0 Å². The minimum atomic E-state index is -0.281. The number of nitrogens with one attached hydrogen (secondary N) is 1. The van der Waals surface area contributed by atoms with Gasteiger partial charge in [-0.3, -0.25) is 9.78 Å². The molecule has 0 unspecified atom stereocenters. The van der Waals surface area contributed by atoms with Crippen LogP contribution in [0.4, 0.5) is 17.1 Å². The average molecular weight is 318 g/mol.